The fourth-order valence-electron chi connectivity index (χ4n) is 2.83. The molecule has 1 fully saturated rings. The molecular weight excluding hydrogens is 357 g/mol. The predicted octanol–water partition coefficient (Wildman–Crippen LogP) is 2.85. The molecule has 1 aliphatic rings. The number of halogens is 3. The van der Waals surface area contributed by atoms with Crippen LogP contribution in [0.2, 0.25) is 0 Å². The molecule has 0 unspecified atom stereocenters. The Morgan fingerprint density at radius 1 is 1.16 bits per heavy atom. The molecule has 1 aromatic carbocycles. The van der Waals surface area contributed by atoms with Crippen LogP contribution in [0.5, 0.6) is 0 Å². The Balaban J connectivity index is 2.14. The molecule has 2 heterocycles. The van der Waals surface area contributed by atoms with Gasteiger partial charge in [-0.3, -0.25) is 4.79 Å². The summed E-state index contributed by atoms with van der Waals surface area (Å²) in [5.74, 6) is -2.91. The standard InChI is InChI=1S/C16H13F3N2O3S/c17-16(18,19)15(24)11(13(22)9-5-2-1-3-6-9)12(20-14(23)21-15)10-7-4-8-25-10/h1-8,11-12,24H,(H2,20,21,23)/t11-,12-,15+/m1/s1. The molecule has 3 atom stereocenters. The molecule has 0 bridgehead atoms. The molecule has 5 nitrogen and oxygen atoms in total. The summed E-state index contributed by atoms with van der Waals surface area (Å²) >= 11 is 1.09. The molecule has 3 N–H and O–H groups in total. The van der Waals surface area contributed by atoms with Gasteiger partial charge >= 0.3 is 12.2 Å². The van der Waals surface area contributed by atoms with E-state index in [4.69, 9.17) is 0 Å². The Bertz CT molecular complexity index is 780. The number of carbonyl (C=O) groups excluding carboxylic acids is 2. The van der Waals surface area contributed by atoms with Crippen LogP contribution >= 0.6 is 11.3 Å². The van der Waals surface area contributed by atoms with Crippen molar-refractivity contribution in [2.45, 2.75) is 17.9 Å². The Morgan fingerprint density at radius 3 is 2.40 bits per heavy atom. The molecule has 132 valence electrons. The van der Waals surface area contributed by atoms with Gasteiger partial charge in [0, 0.05) is 10.4 Å². The lowest BCUT2D eigenvalue weighted by atomic mass is 9.79. The van der Waals surface area contributed by atoms with Crippen LogP contribution in [0.3, 0.4) is 0 Å². The van der Waals surface area contributed by atoms with Gasteiger partial charge in [0.2, 0.25) is 5.72 Å². The van der Waals surface area contributed by atoms with E-state index in [1.807, 2.05) is 0 Å². The average Bonchev–Trinajstić information content (AvgIpc) is 3.08. The molecule has 3 rings (SSSR count). The first-order valence-electron chi connectivity index (χ1n) is 7.24. The molecule has 0 saturated carbocycles. The first-order chi connectivity index (χ1) is 11.7. The highest BCUT2D eigenvalue weighted by Crippen LogP contribution is 2.44. The van der Waals surface area contributed by atoms with E-state index in [-0.39, 0.29) is 5.56 Å². The number of urea groups is 1. The minimum absolute atomic E-state index is 0.00896. The highest BCUT2D eigenvalue weighted by atomic mass is 32.1. The van der Waals surface area contributed by atoms with Crippen molar-refractivity contribution in [1.82, 2.24) is 10.6 Å². The Hall–Kier alpha value is -2.39. The van der Waals surface area contributed by atoms with Gasteiger partial charge in [-0.2, -0.15) is 13.2 Å². The van der Waals surface area contributed by atoms with E-state index in [9.17, 15) is 27.9 Å². The molecule has 25 heavy (non-hydrogen) atoms. The number of hydrogen-bond donors (Lipinski definition) is 3. The lowest BCUT2D eigenvalue weighted by Crippen LogP contribution is -2.72. The second-order valence-electron chi connectivity index (χ2n) is 5.56. The molecule has 2 aromatic rings. The number of aliphatic hydroxyl groups is 1. The van der Waals surface area contributed by atoms with Gasteiger partial charge in [0.1, 0.15) is 5.92 Å². The van der Waals surface area contributed by atoms with Gasteiger partial charge in [0.05, 0.1) is 6.04 Å². The van der Waals surface area contributed by atoms with E-state index >= 15 is 0 Å². The monoisotopic (exact) mass is 370 g/mol. The summed E-state index contributed by atoms with van der Waals surface area (Å²) in [6.07, 6.45) is -5.24. The van der Waals surface area contributed by atoms with Gasteiger partial charge in [0.25, 0.3) is 0 Å². The summed E-state index contributed by atoms with van der Waals surface area (Å²) in [5, 5.41) is 15.8. The zero-order valence-corrected chi connectivity index (χ0v) is 13.4. The van der Waals surface area contributed by atoms with Crippen LogP contribution in [0.1, 0.15) is 21.3 Å². The number of hydrogen-bond acceptors (Lipinski definition) is 4. The van der Waals surface area contributed by atoms with Crippen LogP contribution in [0, 0.1) is 5.92 Å². The van der Waals surface area contributed by atoms with Crippen LogP contribution in [0.15, 0.2) is 47.8 Å². The highest BCUT2D eigenvalue weighted by molar-refractivity contribution is 7.10. The maximum atomic E-state index is 13.6. The van der Waals surface area contributed by atoms with Crippen molar-refractivity contribution in [2.24, 2.45) is 5.92 Å². The van der Waals surface area contributed by atoms with Crippen molar-refractivity contribution in [2.75, 3.05) is 0 Å². The van der Waals surface area contributed by atoms with E-state index in [0.29, 0.717) is 4.88 Å². The molecule has 1 aromatic heterocycles. The minimum atomic E-state index is -5.24. The van der Waals surface area contributed by atoms with E-state index in [1.54, 1.807) is 17.5 Å². The number of ketones is 1. The predicted molar refractivity (Wildman–Crippen MR) is 84.0 cm³/mol. The Kier molecular flexibility index (Phi) is 4.29. The number of benzene rings is 1. The number of alkyl halides is 3. The first kappa shape index (κ1) is 17.4. The largest absolute Gasteiger partial charge is 0.437 e. The molecule has 0 spiro atoms. The van der Waals surface area contributed by atoms with Gasteiger partial charge in [-0.25, -0.2) is 4.79 Å². The minimum Gasteiger partial charge on any atom is -0.363 e. The van der Waals surface area contributed by atoms with Crippen LogP contribution in [-0.4, -0.2) is 28.8 Å². The molecular formula is C16H13F3N2O3S. The van der Waals surface area contributed by atoms with Gasteiger partial charge in [-0.1, -0.05) is 36.4 Å². The summed E-state index contributed by atoms with van der Waals surface area (Å²) in [7, 11) is 0. The quantitative estimate of drug-likeness (QED) is 0.727. The highest BCUT2D eigenvalue weighted by Gasteiger charge is 2.66. The topological polar surface area (TPSA) is 78.4 Å². The summed E-state index contributed by atoms with van der Waals surface area (Å²) in [5.41, 5.74) is -3.67. The molecule has 1 aliphatic heterocycles. The zero-order valence-electron chi connectivity index (χ0n) is 12.6. The summed E-state index contributed by atoms with van der Waals surface area (Å²) in [6.45, 7) is 0. The van der Waals surface area contributed by atoms with Crippen LogP contribution in [0.25, 0.3) is 0 Å². The number of carbonyl (C=O) groups is 2. The summed E-state index contributed by atoms with van der Waals surface area (Å²) in [4.78, 5) is 24.9. The van der Waals surface area contributed by atoms with Gasteiger partial charge in [-0.05, 0) is 11.4 Å². The number of nitrogens with one attached hydrogen (secondary N) is 2. The van der Waals surface area contributed by atoms with Crippen molar-refractivity contribution in [3.05, 3.63) is 58.3 Å². The molecule has 2 amide bonds. The fraction of sp³-hybridized carbons (Fsp3) is 0.250. The number of amides is 2. The molecule has 0 aliphatic carbocycles. The Labute approximate surface area is 144 Å². The molecule has 1 saturated heterocycles. The third-order valence-electron chi connectivity index (χ3n) is 4.00. The lowest BCUT2D eigenvalue weighted by Gasteiger charge is -2.44. The van der Waals surface area contributed by atoms with E-state index in [1.165, 1.54) is 35.6 Å². The third-order valence-corrected chi connectivity index (χ3v) is 4.95. The third kappa shape index (κ3) is 3.00. The van der Waals surface area contributed by atoms with Crippen molar-refractivity contribution < 1.29 is 27.9 Å². The van der Waals surface area contributed by atoms with Crippen molar-refractivity contribution >= 4 is 23.2 Å². The number of Topliss-reactive ketones (excluding diaryl/α,β-unsaturated/α-hetero) is 1. The fourth-order valence-corrected chi connectivity index (χ4v) is 3.64. The van der Waals surface area contributed by atoms with Gasteiger partial charge in [-0.15, -0.1) is 11.3 Å². The zero-order chi connectivity index (χ0) is 18.2. The van der Waals surface area contributed by atoms with Crippen LogP contribution < -0.4 is 10.6 Å². The van der Waals surface area contributed by atoms with Crippen molar-refractivity contribution in [1.29, 1.82) is 0 Å². The number of thiophene rings is 1. The van der Waals surface area contributed by atoms with Crippen LogP contribution in [-0.2, 0) is 0 Å². The van der Waals surface area contributed by atoms with Gasteiger partial charge in [0.15, 0.2) is 5.78 Å². The normalized spacial score (nSPS) is 26.6. The lowest BCUT2D eigenvalue weighted by molar-refractivity contribution is -0.287. The SMILES string of the molecule is O=C1N[C@H](c2cccs2)[C@H](C(=O)c2ccccc2)[C@](O)(C(F)(F)F)N1. The van der Waals surface area contributed by atoms with E-state index < -0.39 is 35.7 Å². The maximum absolute atomic E-state index is 13.6. The molecule has 0 radical (unpaired) electrons. The summed E-state index contributed by atoms with van der Waals surface area (Å²) in [6, 6.07) is 7.94. The molecule has 9 heteroatoms. The smallest absolute Gasteiger partial charge is 0.363 e. The van der Waals surface area contributed by atoms with E-state index in [2.05, 4.69) is 5.32 Å². The van der Waals surface area contributed by atoms with Crippen LogP contribution in [0.4, 0.5) is 18.0 Å². The number of rotatable bonds is 3. The maximum Gasteiger partial charge on any atom is 0.437 e. The second-order valence-corrected chi connectivity index (χ2v) is 6.54. The Morgan fingerprint density at radius 2 is 1.84 bits per heavy atom. The van der Waals surface area contributed by atoms with Gasteiger partial charge < -0.3 is 15.7 Å². The second kappa shape index (κ2) is 6.16. The summed E-state index contributed by atoms with van der Waals surface area (Å²) < 4.78 is 40.8. The van der Waals surface area contributed by atoms with Crippen molar-refractivity contribution in [3.8, 4) is 0 Å². The van der Waals surface area contributed by atoms with E-state index in [0.717, 1.165) is 11.3 Å². The van der Waals surface area contributed by atoms with Crippen molar-refractivity contribution in [3.63, 3.8) is 0 Å². The average molecular weight is 370 g/mol. The first-order valence-corrected chi connectivity index (χ1v) is 8.12.